The number of rotatable bonds is 4. The normalized spacial score (nSPS) is 25.5. The third kappa shape index (κ3) is 3.55. The predicted octanol–water partition coefficient (Wildman–Crippen LogP) is 1.61. The van der Waals surface area contributed by atoms with E-state index in [0.717, 1.165) is 19.1 Å². The molecule has 0 radical (unpaired) electrons. The highest BCUT2D eigenvalue weighted by Crippen LogP contribution is 2.14. The maximum Gasteiger partial charge on any atom is 0.0507 e. The minimum absolute atomic E-state index is 0.670. The van der Waals surface area contributed by atoms with Crippen LogP contribution in [0.5, 0.6) is 0 Å². The maximum absolute atomic E-state index is 5.60. The summed E-state index contributed by atoms with van der Waals surface area (Å²) in [7, 11) is 2.18. The topological polar surface area (TPSA) is 12.5 Å². The zero-order chi connectivity index (χ0) is 8.97. The van der Waals surface area contributed by atoms with Crippen molar-refractivity contribution in [2.75, 3.05) is 33.4 Å². The van der Waals surface area contributed by atoms with Crippen molar-refractivity contribution in [2.45, 2.75) is 20.3 Å². The second-order valence-electron chi connectivity index (χ2n) is 4.35. The van der Waals surface area contributed by atoms with Gasteiger partial charge in [0.2, 0.25) is 0 Å². The smallest absolute Gasteiger partial charge is 0.0507 e. The summed E-state index contributed by atoms with van der Waals surface area (Å²) in [6, 6.07) is 0. The Bertz CT molecular complexity index is 125. The summed E-state index contributed by atoms with van der Waals surface area (Å²) in [5, 5.41) is 0. The molecule has 0 aromatic rings. The van der Waals surface area contributed by atoms with Crippen LogP contribution in [-0.2, 0) is 4.74 Å². The highest BCUT2D eigenvalue weighted by atomic mass is 16.5. The minimum atomic E-state index is 0.670. The van der Waals surface area contributed by atoms with Gasteiger partial charge in [-0.3, -0.25) is 0 Å². The predicted molar refractivity (Wildman–Crippen MR) is 51.3 cm³/mol. The lowest BCUT2D eigenvalue weighted by atomic mass is 10.1. The van der Waals surface area contributed by atoms with Crippen molar-refractivity contribution in [3.8, 4) is 0 Å². The average Bonchev–Trinajstić information content (AvgIpc) is 2.35. The van der Waals surface area contributed by atoms with Gasteiger partial charge in [0.1, 0.15) is 0 Å². The highest BCUT2D eigenvalue weighted by Gasteiger charge is 2.19. The van der Waals surface area contributed by atoms with Gasteiger partial charge in [-0.05, 0) is 31.8 Å². The van der Waals surface area contributed by atoms with E-state index in [-0.39, 0.29) is 0 Å². The molecule has 0 bridgehead atoms. The lowest BCUT2D eigenvalue weighted by Crippen LogP contribution is -2.17. The van der Waals surface area contributed by atoms with E-state index in [4.69, 9.17) is 4.74 Å². The molecule has 1 saturated heterocycles. The van der Waals surface area contributed by atoms with Gasteiger partial charge in [0.05, 0.1) is 6.61 Å². The Hall–Kier alpha value is -0.0800. The van der Waals surface area contributed by atoms with E-state index in [9.17, 15) is 0 Å². The van der Waals surface area contributed by atoms with Crippen LogP contribution in [0, 0.1) is 11.8 Å². The molecule has 0 aromatic carbocycles. The van der Waals surface area contributed by atoms with Gasteiger partial charge < -0.3 is 9.64 Å². The SMILES string of the molecule is CC(C)COCC1CCN(C)C1. The van der Waals surface area contributed by atoms with Crippen molar-refractivity contribution in [3.63, 3.8) is 0 Å². The zero-order valence-corrected chi connectivity index (χ0v) is 8.55. The standard InChI is InChI=1S/C10H21NO/c1-9(2)7-12-8-10-4-5-11(3)6-10/h9-10H,4-8H2,1-3H3. The molecule has 72 valence electrons. The van der Waals surface area contributed by atoms with Crippen LogP contribution in [0.3, 0.4) is 0 Å². The summed E-state index contributed by atoms with van der Waals surface area (Å²) < 4.78 is 5.60. The highest BCUT2D eigenvalue weighted by molar-refractivity contribution is 4.72. The summed E-state index contributed by atoms with van der Waals surface area (Å²) in [5.74, 6) is 1.46. The number of likely N-dealkylation sites (tertiary alicyclic amines) is 1. The van der Waals surface area contributed by atoms with Crippen LogP contribution in [0.1, 0.15) is 20.3 Å². The Balaban J connectivity index is 2.00. The number of ether oxygens (including phenoxy) is 1. The number of nitrogens with zero attached hydrogens (tertiary/aromatic N) is 1. The first-order chi connectivity index (χ1) is 5.68. The fourth-order valence-electron chi connectivity index (χ4n) is 1.63. The van der Waals surface area contributed by atoms with E-state index in [1.165, 1.54) is 19.5 Å². The second kappa shape index (κ2) is 4.83. The second-order valence-corrected chi connectivity index (χ2v) is 4.35. The van der Waals surface area contributed by atoms with Crippen molar-refractivity contribution in [1.82, 2.24) is 4.90 Å². The first-order valence-electron chi connectivity index (χ1n) is 4.94. The van der Waals surface area contributed by atoms with E-state index in [1.54, 1.807) is 0 Å². The molecule has 0 amide bonds. The van der Waals surface area contributed by atoms with Crippen LogP contribution >= 0.6 is 0 Å². The zero-order valence-electron chi connectivity index (χ0n) is 8.55. The van der Waals surface area contributed by atoms with E-state index in [1.807, 2.05) is 0 Å². The molecule has 1 atom stereocenters. The Labute approximate surface area is 75.9 Å². The Morgan fingerprint density at radius 1 is 1.50 bits per heavy atom. The van der Waals surface area contributed by atoms with Gasteiger partial charge in [-0.2, -0.15) is 0 Å². The molecule has 0 spiro atoms. The van der Waals surface area contributed by atoms with Crippen molar-refractivity contribution < 1.29 is 4.74 Å². The maximum atomic E-state index is 5.60. The molecule has 1 rings (SSSR count). The van der Waals surface area contributed by atoms with Crippen LogP contribution in [0.4, 0.5) is 0 Å². The number of hydrogen-bond acceptors (Lipinski definition) is 2. The summed E-state index contributed by atoms with van der Waals surface area (Å²) in [6.45, 7) is 8.73. The van der Waals surface area contributed by atoms with Crippen molar-refractivity contribution in [2.24, 2.45) is 11.8 Å². The fraction of sp³-hybridized carbons (Fsp3) is 1.00. The molecule has 2 heteroatoms. The molecular weight excluding hydrogens is 150 g/mol. The molecule has 1 aliphatic heterocycles. The third-order valence-corrected chi connectivity index (χ3v) is 2.29. The molecule has 2 nitrogen and oxygen atoms in total. The molecule has 1 aliphatic rings. The van der Waals surface area contributed by atoms with Gasteiger partial charge in [-0.25, -0.2) is 0 Å². The lowest BCUT2D eigenvalue weighted by molar-refractivity contribution is 0.0820. The van der Waals surface area contributed by atoms with Gasteiger partial charge in [0.15, 0.2) is 0 Å². The van der Waals surface area contributed by atoms with Gasteiger partial charge in [-0.15, -0.1) is 0 Å². The largest absolute Gasteiger partial charge is 0.381 e. The van der Waals surface area contributed by atoms with Crippen LogP contribution in [0.15, 0.2) is 0 Å². The summed E-state index contributed by atoms with van der Waals surface area (Å²) in [5.41, 5.74) is 0. The fourth-order valence-corrected chi connectivity index (χ4v) is 1.63. The van der Waals surface area contributed by atoms with Crippen LogP contribution < -0.4 is 0 Å². The lowest BCUT2D eigenvalue weighted by Gasteiger charge is -2.12. The molecule has 0 saturated carbocycles. The van der Waals surface area contributed by atoms with E-state index < -0.39 is 0 Å². The van der Waals surface area contributed by atoms with Gasteiger partial charge in [0, 0.05) is 13.2 Å². The Morgan fingerprint density at radius 3 is 2.75 bits per heavy atom. The monoisotopic (exact) mass is 171 g/mol. The molecule has 0 N–H and O–H groups in total. The molecular formula is C10H21NO. The van der Waals surface area contributed by atoms with Crippen molar-refractivity contribution in [3.05, 3.63) is 0 Å². The minimum Gasteiger partial charge on any atom is -0.381 e. The van der Waals surface area contributed by atoms with Gasteiger partial charge in [-0.1, -0.05) is 13.8 Å². The first-order valence-corrected chi connectivity index (χ1v) is 4.94. The van der Waals surface area contributed by atoms with Gasteiger partial charge in [0.25, 0.3) is 0 Å². The van der Waals surface area contributed by atoms with E-state index >= 15 is 0 Å². The third-order valence-electron chi connectivity index (χ3n) is 2.29. The van der Waals surface area contributed by atoms with Gasteiger partial charge >= 0.3 is 0 Å². The van der Waals surface area contributed by atoms with Crippen LogP contribution in [0.2, 0.25) is 0 Å². The summed E-state index contributed by atoms with van der Waals surface area (Å²) in [6.07, 6.45) is 1.31. The van der Waals surface area contributed by atoms with Crippen LogP contribution in [-0.4, -0.2) is 38.3 Å². The summed E-state index contributed by atoms with van der Waals surface area (Å²) >= 11 is 0. The number of hydrogen-bond donors (Lipinski definition) is 0. The van der Waals surface area contributed by atoms with Crippen molar-refractivity contribution in [1.29, 1.82) is 0 Å². The summed E-state index contributed by atoms with van der Waals surface area (Å²) in [4.78, 5) is 2.38. The molecule has 1 fully saturated rings. The molecule has 0 aromatic heterocycles. The first kappa shape index (κ1) is 10.0. The van der Waals surface area contributed by atoms with E-state index in [0.29, 0.717) is 5.92 Å². The quantitative estimate of drug-likeness (QED) is 0.637. The van der Waals surface area contributed by atoms with Crippen molar-refractivity contribution >= 4 is 0 Å². The molecule has 0 aliphatic carbocycles. The molecule has 12 heavy (non-hydrogen) atoms. The van der Waals surface area contributed by atoms with E-state index in [2.05, 4.69) is 25.8 Å². The Kier molecular flexibility index (Phi) is 4.02. The van der Waals surface area contributed by atoms with Crippen LogP contribution in [0.25, 0.3) is 0 Å². The average molecular weight is 171 g/mol. The molecule has 1 unspecified atom stereocenters. The molecule has 1 heterocycles. The Morgan fingerprint density at radius 2 is 2.25 bits per heavy atom.